The minimum atomic E-state index is -0.349. The minimum Gasteiger partial charge on any atom is -0.508 e. The van der Waals surface area contributed by atoms with E-state index in [1.54, 1.807) is 18.2 Å². The molecule has 0 amide bonds. The molecule has 1 heterocycles. The highest BCUT2D eigenvalue weighted by atomic mass is 79.9. The zero-order chi connectivity index (χ0) is 55.7. The fourth-order valence-electron chi connectivity index (χ4n) is 14.1. The second-order valence-corrected chi connectivity index (χ2v) is 24.3. The molecule has 1 aliphatic heterocycles. The quantitative estimate of drug-likeness (QED) is 0.169. The fourth-order valence-corrected chi connectivity index (χ4v) is 14.5. The van der Waals surface area contributed by atoms with Crippen molar-refractivity contribution >= 4 is 50.1 Å². The summed E-state index contributed by atoms with van der Waals surface area (Å²) in [5.74, 6) is 0.576. The van der Waals surface area contributed by atoms with Gasteiger partial charge >= 0.3 is 7.12 Å². The van der Waals surface area contributed by atoms with Crippen LogP contribution in [0.4, 0.5) is 0 Å². The van der Waals surface area contributed by atoms with E-state index in [1.807, 2.05) is 58.0 Å². The lowest BCUT2D eigenvalue weighted by atomic mass is 9.70. The van der Waals surface area contributed by atoms with Gasteiger partial charge in [0.05, 0.1) is 22.0 Å². The summed E-state index contributed by atoms with van der Waals surface area (Å²) in [6, 6.07) is 90.6. The standard InChI is InChI=1S/C35H22O.C25H15Br.C16H19BO3/c36-26-17-15-23-19-22(13-14-24(23)20-26)25-16-18-30-29-9-3-6-12-33(29)35(34(30)21-25)31-10-4-1-7-27(31)28-8-2-5-11-32(28)35;26-16-13-14-20-19-9-3-6-12-23(19)25(24(20)15-16)21-10-4-1-7-17(21)18-8-2-5-11-22(18)25;1-15(2)16(3,4)20-17(19-15)13-7-5-12-10-14(18)8-6-11(12)9-13/h1-21,36H;1-15H;5-10,18H,1-4H3. The highest BCUT2D eigenvalue weighted by Crippen LogP contribution is 2.64. The molecule has 0 atom stereocenters. The summed E-state index contributed by atoms with van der Waals surface area (Å²) in [6.07, 6.45) is 0. The number of hydrogen-bond acceptors (Lipinski definition) is 4. The number of benzene rings is 12. The van der Waals surface area contributed by atoms with Crippen LogP contribution in [-0.2, 0) is 20.1 Å². The third-order valence-corrected chi connectivity index (χ3v) is 19.0. The molecular weight excluding hydrogens is 1070 g/mol. The maximum atomic E-state index is 9.89. The van der Waals surface area contributed by atoms with E-state index in [0.29, 0.717) is 5.75 Å². The van der Waals surface area contributed by atoms with Crippen molar-refractivity contribution in [3.63, 3.8) is 0 Å². The van der Waals surface area contributed by atoms with Crippen LogP contribution >= 0.6 is 15.9 Å². The van der Waals surface area contributed by atoms with Gasteiger partial charge in [-0.1, -0.05) is 222 Å². The van der Waals surface area contributed by atoms with Crippen molar-refractivity contribution in [3.8, 4) is 67.1 Å². The Labute approximate surface area is 487 Å². The predicted octanol–water partition coefficient (Wildman–Crippen LogP) is 18.2. The lowest BCUT2D eigenvalue weighted by Crippen LogP contribution is -2.41. The van der Waals surface area contributed by atoms with Gasteiger partial charge in [0, 0.05) is 4.47 Å². The fraction of sp³-hybridized carbons (Fsp3) is 0.105. The lowest BCUT2D eigenvalue weighted by molar-refractivity contribution is 0.00578. The van der Waals surface area contributed by atoms with Crippen LogP contribution in [0.15, 0.2) is 259 Å². The molecule has 4 aliphatic carbocycles. The Balaban J connectivity index is 0.000000111. The molecule has 12 aromatic carbocycles. The molecule has 0 radical (unpaired) electrons. The zero-order valence-corrected chi connectivity index (χ0v) is 47.5. The third kappa shape index (κ3) is 7.38. The molecule has 2 N–H and O–H groups in total. The highest BCUT2D eigenvalue weighted by Gasteiger charge is 2.54. The predicted molar refractivity (Wildman–Crippen MR) is 339 cm³/mol. The topological polar surface area (TPSA) is 58.9 Å². The van der Waals surface area contributed by atoms with E-state index in [9.17, 15) is 10.2 Å². The summed E-state index contributed by atoms with van der Waals surface area (Å²) in [6.45, 7) is 8.19. The lowest BCUT2D eigenvalue weighted by Gasteiger charge is -2.32. The van der Waals surface area contributed by atoms with E-state index in [4.69, 9.17) is 9.31 Å². The highest BCUT2D eigenvalue weighted by molar-refractivity contribution is 9.10. The monoisotopic (exact) mass is 1120 g/mol. The van der Waals surface area contributed by atoms with Gasteiger partial charge in [-0.25, -0.2) is 0 Å². The third-order valence-electron chi connectivity index (χ3n) is 18.5. The van der Waals surface area contributed by atoms with Crippen LogP contribution in [0.2, 0.25) is 0 Å². The van der Waals surface area contributed by atoms with Crippen LogP contribution < -0.4 is 5.46 Å². The van der Waals surface area contributed by atoms with Crippen molar-refractivity contribution in [2.75, 3.05) is 0 Å². The van der Waals surface area contributed by atoms with Crippen LogP contribution in [0, 0.1) is 0 Å². The largest absolute Gasteiger partial charge is 0.508 e. The second kappa shape index (κ2) is 18.6. The number of fused-ring (bicyclic) bond motifs is 22. The van der Waals surface area contributed by atoms with Crippen molar-refractivity contribution in [1.82, 2.24) is 0 Å². The molecule has 0 unspecified atom stereocenters. The minimum absolute atomic E-state index is 0.219. The molecular formula is C76H56BBrO4. The van der Waals surface area contributed by atoms with Crippen LogP contribution in [0.3, 0.4) is 0 Å². The molecule has 5 aliphatic rings. The Kier molecular flexibility index (Phi) is 11.4. The average molecular weight is 1120 g/mol. The number of hydrogen-bond donors (Lipinski definition) is 2. The number of halogens is 1. The normalized spacial score (nSPS) is 15.7. The first-order valence-corrected chi connectivity index (χ1v) is 29.0. The molecule has 0 saturated carbocycles. The Morgan fingerprint density at radius 2 is 0.622 bits per heavy atom. The molecule has 394 valence electrons. The van der Waals surface area contributed by atoms with Crippen molar-refractivity contribution in [2.45, 2.75) is 49.7 Å². The molecule has 2 spiro atoms. The SMILES string of the molecule is Brc1ccc2c(c1)C1(c3ccccc3-c3ccccc31)c1ccccc1-2.CC1(C)OB(c2ccc3cc(O)ccc3c2)OC1(C)C.Oc1ccc2cc(-c3ccc4c(c3)C3(c5ccccc5-c5ccccc53)c3ccccc3-4)ccc2c1. The van der Waals surface area contributed by atoms with E-state index in [0.717, 1.165) is 31.5 Å². The number of aromatic hydroxyl groups is 2. The summed E-state index contributed by atoms with van der Waals surface area (Å²) in [4.78, 5) is 0. The molecule has 17 rings (SSSR count). The molecule has 82 heavy (non-hydrogen) atoms. The van der Waals surface area contributed by atoms with Crippen LogP contribution in [0.25, 0.3) is 77.2 Å². The summed E-state index contributed by atoms with van der Waals surface area (Å²) < 4.78 is 13.2. The van der Waals surface area contributed by atoms with Crippen molar-refractivity contribution in [3.05, 3.63) is 304 Å². The Morgan fingerprint density at radius 3 is 1.06 bits per heavy atom. The Hall–Kier alpha value is -8.78. The Bertz CT molecular complexity index is 4470. The molecule has 1 saturated heterocycles. The van der Waals surface area contributed by atoms with E-state index in [-0.39, 0.29) is 34.9 Å². The first-order chi connectivity index (χ1) is 39.8. The van der Waals surface area contributed by atoms with Gasteiger partial charge in [-0.15, -0.1) is 0 Å². The second-order valence-electron chi connectivity index (χ2n) is 23.3. The molecule has 4 nitrogen and oxygen atoms in total. The van der Waals surface area contributed by atoms with E-state index in [1.165, 1.54) is 100 Å². The van der Waals surface area contributed by atoms with E-state index < -0.39 is 0 Å². The maximum Gasteiger partial charge on any atom is 0.494 e. The maximum absolute atomic E-state index is 9.89. The van der Waals surface area contributed by atoms with Gasteiger partial charge in [0.1, 0.15) is 11.5 Å². The molecule has 1 fully saturated rings. The zero-order valence-electron chi connectivity index (χ0n) is 45.9. The van der Waals surface area contributed by atoms with Crippen LogP contribution in [-0.4, -0.2) is 28.5 Å². The first kappa shape index (κ1) is 50.2. The van der Waals surface area contributed by atoms with Gasteiger partial charge in [-0.2, -0.15) is 0 Å². The van der Waals surface area contributed by atoms with Crippen molar-refractivity contribution in [1.29, 1.82) is 0 Å². The van der Waals surface area contributed by atoms with E-state index in [2.05, 4.69) is 222 Å². The first-order valence-electron chi connectivity index (χ1n) is 28.2. The smallest absolute Gasteiger partial charge is 0.494 e. The van der Waals surface area contributed by atoms with Gasteiger partial charge in [0.15, 0.2) is 0 Å². The van der Waals surface area contributed by atoms with Gasteiger partial charge in [-0.05, 0) is 203 Å². The summed E-state index contributed by atoms with van der Waals surface area (Å²) in [5, 5.41) is 23.6. The van der Waals surface area contributed by atoms with Crippen LogP contribution in [0.5, 0.6) is 11.5 Å². The van der Waals surface area contributed by atoms with Crippen LogP contribution in [0.1, 0.15) is 72.2 Å². The van der Waals surface area contributed by atoms with Crippen molar-refractivity contribution in [2.24, 2.45) is 0 Å². The average Bonchev–Trinajstić information content (AvgIpc) is 2.25. The number of phenolic OH excluding ortho intramolecular Hbond substituents is 2. The molecule has 0 aromatic heterocycles. The van der Waals surface area contributed by atoms with Crippen molar-refractivity contribution < 1.29 is 19.5 Å². The van der Waals surface area contributed by atoms with Gasteiger partial charge in [-0.3, -0.25) is 0 Å². The summed E-state index contributed by atoms with van der Waals surface area (Å²) >= 11 is 3.72. The summed E-state index contributed by atoms with van der Waals surface area (Å²) in [5.41, 5.74) is 23.9. The van der Waals surface area contributed by atoms with Gasteiger partial charge in [0.25, 0.3) is 0 Å². The molecule has 0 bridgehead atoms. The van der Waals surface area contributed by atoms with E-state index >= 15 is 0 Å². The number of rotatable bonds is 2. The molecule has 6 heteroatoms. The summed E-state index contributed by atoms with van der Waals surface area (Å²) in [7, 11) is -0.349. The van der Waals surface area contributed by atoms with Gasteiger partial charge in [0.2, 0.25) is 0 Å². The number of phenols is 2. The van der Waals surface area contributed by atoms with Gasteiger partial charge < -0.3 is 19.5 Å². The molecule has 12 aromatic rings. The Morgan fingerprint density at radius 1 is 0.305 bits per heavy atom.